The van der Waals surface area contributed by atoms with Crippen molar-refractivity contribution in [3.05, 3.63) is 18.6 Å². The first kappa shape index (κ1) is 12.5. The summed E-state index contributed by atoms with van der Waals surface area (Å²) < 4.78 is 0. The smallest absolute Gasteiger partial charge is 0.307 e. The average Bonchev–Trinajstić information content (AvgIpc) is 1.80. The molecule has 59 valence electrons. The monoisotopic (exact) mass is 314 g/mol. The minimum Gasteiger partial charge on any atom is -0.481 e. The Balaban J connectivity index is 0. The number of carboxylic acid groups (broad SMARTS) is 1. The van der Waals surface area contributed by atoms with Gasteiger partial charge in [0, 0.05) is 20.4 Å². The number of allylic oxidation sites excluding steroid dienone is 1. The molecule has 1 N–H and O–H groups in total. The SMILES string of the molecule is C[CH-]C/C=C/CC(=O)O.[Re]. The van der Waals surface area contributed by atoms with E-state index in [9.17, 15) is 4.79 Å². The van der Waals surface area contributed by atoms with Gasteiger partial charge in [0.15, 0.2) is 0 Å². The van der Waals surface area contributed by atoms with Crippen LogP contribution >= 0.6 is 0 Å². The fraction of sp³-hybridized carbons (Fsp3) is 0.429. The molecule has 0 aromatic rings. The second kappa shape index (κ2) is 8.87. The van der Waals surface area contributed by atoms with Crippen molar-refractivity contribution >= 4 is 5.97 Å². The number of hydrogen-bond donors (Lipinski definition) is 1. The summed E-state index contributed by atoms with van der Waals surface area (Å²) in [6.45, 7) is 1.94. The van der Waals surface area contributed by atoms with E-state index in [0.29, 0.717) is 0 Å². The third-order valence-corrected chi connectivity index (χ3v) is 0.831. The van der Waals surface area contributed by atoms with E-state index in [1.807, 2.05) is 19.4 Å². The van der Waals surface area contributed by atoms with Crippen LogP contribution < -0.4 is 0 Å². The molecule has 1 radical (unpaired) electrons. The molecule has 0 aromatic heterocycles. The zero-order valence-electron chi connectivity index (χ0n) is 5.88. The van der Waals surface area contributed by atoms with Crippen molar-refractivity contribution < 1.29 is 30.3 Å². The third kappa shape index (κ3) is 10.8. The van der Waals surface area contributed by atoms with E-state index in [1.165, 1.54) is 0 Å². The molecule has 0 atom stereocenters. The number of hydrogen-bond acceptors (Lipinski definition) is 1. The van der Waals surface area contributed by atoms with E-state index in [2.05, 4.69) is 0 Å². The van der Waals surface area contributed by atoms with E-state index in [1.54, 1.807) is 6.08 Å². The summed E-state index contributed by atoms with van der Waals surface area (Å²) in [4.78, 5) is 9.90. The Hall–Kier alpha value is -0.128. The van der Waals surface area contributed by atoms with E-state index in [0.717, 1.165) is 6.42 Å². The van der Waals surface area contributed by atoms with Gasteiger partial charge in [-0.1, -0.05) is 6.08 Å². The summed E-state index contributed by atoms with van der Waals surface area (Å²) in [6.07, 6.45) is 6.45. The van der Waals surface area contributed by atoms with Gasteiger partial charge in [-0.25, -0.2) is 0 Å². The van der Waals surface area contributed by atoms with Crippen LogP contribution in [-0.4, -0.2) is 11.1 Å². The maximum Gasteiger partial charge on any atom is 0.307 e. The topological polar surface area (TPSA) is 37.3 Å². The molecule has 0 heterocycles. The van der Waals surface area contributed by atoms with E-state index >= 15 is 0 Å². The van der Waals surface area contributed by atoms with Gasteiger partial charge in [-0.15, -0.1) is 6.08 Å². The number of carbonyl (C=O) groups is 1. The minimum atomic E-state index is -0.776. The number of rotatable bonds is 4. The van der Waals surface area contributed by atoms with Crippen molar-refractivity contribution in [2.24, 2.45) is 0 Å². The second-order valence-electron chi connectivity index (χ2n) is 1.71. The quantitative estimate of drug-likeness (QED) is 0.633. The fourth-order valence-corrected chi connectivity index (χ4v) is 0.416. The molecule has 0 aliphatic heterocycles. The van der Waals surface area contributed by atoms with Crippen LogP contribution in [-0.2, 0) is 25.2 Å². The molecular weight excluding hydrogens is 302 g/mol. The van der Waals surface area contributed by atoms with Gasteiger partial charge in [0.25, 0.3) is 0 Å². The zero-order chi connectivity index (χ0) is 7.11. The van der Waals surface area contributed by atoms with Crippen LogP contribution in [0.15, 0.2) is 12.2 Å². The molecule has 0 aliphatic rings. The molecular formula is C7H11O2Re-. The van der Waals surface area contributed by atoms with Gasteiger partial charge in [0.05, 0.1) is 6.42 Å². The molecule has 0 unspecified atom stereocenters. The van der Waals surface area contributed by atoms with Gasteiger partial charge < -0.3 is 11.5 Å². The van der Waals surface area contributed by atoms with Gasteiger partial charge >= 0.3 is 5.97 Å². The molecule has 0 amide bonds. The van der Waals surface area contributed by atoms with Gasteiger partial charge in [0.1, 0.15) is 0 Å². The molecule has 0 fully saturated rings. The summed E-state index contributed by atoms with van der Waals surface area (Å²) in [7, 11) is 0. The maximum atomic E-state index is 9.90. The molecule has 0 rings (SSSR count). The molecule has 0 bridgehead atoms. The first-order chi connectivity index (χ1) is 4.27. The summed E-state index contributed by atoms with van der Waals surface area (Å²) in [6, 6.07) is 0. The molecule has 0 aliphatic carbocycles. The van der Waals surface area contributed by atoms with Gasteiger partial charge in [0.2, 0.25) is 0 Å². The molecule has 3 heteroatoms. The summed E-state index contributed by atoms with van der Waals surface area (Å²) in [5, 5.41) is 8.15. The van der Waals surface area contributed by atoms with Crippen LogP contribution in [0.4, 0.5) is 0 Å². The Morgan fingerprint density at radius 2 is 2.20 bits per heavy atom. The largest absolute Gasteiger partial charge is 0.481 e. The van der Waals surface area contributed by atoms with Gasteiger partial charge in [-0.05, 0) is 0 Å². The Morgan fingerprint density at radius 3 is 2.60 bits per heavy atom. The third-order valence-electron chi connectivity index (χ3n) is 0.831. The second-order valence-corrected chi connectivity index (χ2v) is 1.71. The zero-order valence-corrected chi connectivity index (χ0v) is 8.60. The number of carboxylic acids is 1. The predicted octanol–water partition coefficient (Wildman–Crippen LogP) is 1.63. The first-order valence-electron chi connectivity index (χ1n) is 2.92. The molecule has 0 spiro atoms. The standard InChI is InChI=1S/C7H11O2.Re/c1-2-3-4-5-6-7(8)9;/h2,4-5H,3,6H2,1H3,(H,8,9);/q-1;/b5-4+;. The van der Waals surface area contributed by atoms with Crippen LogP contribution in [0, 0.1) is 6.42 Å². The Morgan fingerprint density at radius 1 is 1.60 bits per heavy atom. The van der Waals surface area contributed by atoms with Gasteiger partial charge in [-0.2, -0.15) is 13.3 Å². The fourth-order valence-electron chi connectivity index (χ4n) is 0.416. The van der Waals surface area contributed by atoms with Crippen LogP contribution in [0.1, 0.15) is 19.8 Å². The van der Waals surface area contributed by atoms with Crippen molar-refractivity contribution in [2.75, 3.05) is 0 Å². The van der Waals surface area contributed by atoms with Crippen LogP contribution in [0.5, 0.6) is 0 Å². The molecule has 0 aromatic carbocycles. The molecule has 0 saturated heterocycles. The molecule has 0 saturated carbocycles. The van der Waals surface area contributed by atoms with Crippen LogP contribution in [0.2, 0.25) is 0 Å². The normalized spacial score (nSPS) is 9.30. The maximum absolute atomic E-state index is 9.90. The van der Waals surface area contributed by atoms with Crippen LogP contribution in [0.25, 0.3) is 0 Å². The number of aliphatic carboxylic acids is 1. The summed E-state index contributed by atoms with van der Waals surface area (Å²) in [5.41, 5.74) is 0. The van der Waals surface area contributed by atoms with Gasteiger partial charge in [-0.3, -0.25) is 4.79 Å². The first-order valence-corrected chi connectivity index (χ1v) is 2.92. The summed E-state index contributed by atoms with van der Waals surface area (Å²) >= 11 is 0. The average molecular weight is 313 g/mol. The molecule has 2 nitrogen and oxygen atoms in total. The van der Waals surface area contributed by atoms with Crippen molar-refractivity contribution in [1.82, 2.24) is 0 Å². The van der Waals surface area contributed by atoms with E-state index in [4.69, 9.17) is 5.11 Å². The van der Waals surface area contributed by atoms with Crippen LogP contribution in [0.3, 0.4) is 0 Å². The Labute approximate surface area is 75.0 Å². The minimum absolute atomic E-state index is 0. The van der Waals surface area contributed by atoms with Crippen molar-refractivity contribution in [2.45, 2.75) is 19.8 Å². The molecule has 10 heavy (non-hydrogen) atoms. The Bertz CT molecular complexity index is 110. The van der Waals surface area contributed by atoms with Crippen molar-refractivity contribution in [3.8, 4) is 0 Å². The van der Waals surface area contributed by atoms with E-state index in [-0.39, 0.29) is 26.8 Å². The summed E-state index contributed by atoms with van der Waals surface area (Å²) in [5.74, 6) is -0.776. The van der Waals surface area contributed by atoms with Crippen molar-refractivity contribution in [3.63, 3.8) is 0 Å². The number of unbranched alkanes of at least 4 members (excludes halogenated alkanes) is 1. The van der Waals surface area contributed by atoms with Crippen molar-refractivity contribution in [1.29, 1.82) is 0 Å². The Kier molecular flexibility index (Phi) is 11.1. The van der Waals surface area contributed by atoms with E-state index < -0.39 is 5.97 Å². The predicted molar refractivity (Wildman–Crippen MR) is 36.0 cm³/mol.